The van der Waals surface area contributed by atoms with Crippen molar-refractivity contribution in [3.63, 3.8) is 0 Å². The Labute approximate surface area is 171 Å². The van der Waals surface area contributed by atoms with E-state index in [0.717, 1.165) is 0 Å². The van der Waals surface area contributed by atoms with Crippen molar-refractivity contribution in [3.05, 3.63) is 47.7 Å². The van der Waals surface area contributed by atoms with Crippen LogP contribution < -0.4 is 9.64 Å². The van der Waals surface area contributed by atoms with E-state index in [-0.39, 0.29) is 23.0 Å². The molecule has 0 saturated heterocycles. The second-order valence-electron chi connectivity index (χ2n) is 7.08. The maximum absolute atomic E-state index is 15.7. The van der Waals surface area contributed by atoms with E-state index in [9.17, 15) is 9.50 Å². The average molecular weight is 410 g/mol. The van der Waals surface area contributed by atoms with Gasteiger partial charge in [0.2, 0.25) is 0 Å². The number of fused-ring (bicyclic) bond motifs is 2. The van der Waals surface area contributed by atoms with Crippen LogP contribution in [0.3, 0.4) is 0 Å². The number of methoxy groups -OCH3 is 1. The number of phenols is 1. The lowest BCUT2D eigenvalue weighted by Gasteiger charge is -2.17. The van der Waals surface area contributed by atoms with Crippen LogP contribution in [0.25, 0.3) is 32.9 Å². The van der Waals surface area contributed by atoms with E-state index in [4.69, 9.17) is 4.74 Å². The maximum Gasteiger partial charge on any atom is 0.318 e. The van der Waals surface area contributed by atoms with Gasteiger partial charge in [0.15, 0.2) is 5.82 Å². The van der Waals surface area contributed by atoms with Crippen molar-refractivity contribution < 1.29 is 18.6 Å². The molecule has 4 aromatic rings. The van der Waals surface area contributed by atoms with Crippen molar-refractivity contribution in [2.45, 2.75) is 13.3 Å². The number of benzene rings is 2. The first kappa shape index (κ1) is 19.8. The lowest BCUT2D eigenvalue weighted by Crippen LogP contribution is -2.13. The van der Waals surface area contributed by atoms with E-state index >= 15 is 4.39 Å². The Balaban J connectivity index is 2.11. The fourth-order valence-electron chi connectivity index (χ4n) is 3.67. The number of nitrogens with zero attached hydrogens (tertiary/aromatic N) is 4. The van der Waals surface area contributed by atoms with Crippen LogP contribution in [0.15, 0.2) is 30.5 Å². The summed E-state index contributed by atoms with van der Waals surface area (Å²) in [7, 11) is 4.94. The summed E-state index contributed by atoms with van der Waals surface area (Å²) in [6.45, 7) is 1.82. The van der Waals surface area contributed by atoms with Crippen molar-refractivity contribution in [1.82, 2.24) is 15.0 Å². The van der Waals surface area contributed by atoms with Crippen LogP contribution in [0.2, 0.25) is 0 Å². The molecular weight excluding hydrogens is 390 g/mol. The van der Waals surface area contributed by atoms with Crippen molar-refractivity contribution >= 4 is 27.5 Å². The molecule has 30 heavy (non-hydrogen) atoms. The summed E-state index contributed by atoms with van der Waals surface area (Å²) in [4.78, 5) is 14.5. The van der Waals surface area contributed by atoms with Gasteiger partial charge in [-0.2, -0.15) is 9.97 Å². The molecule has 0 bridgehead atoms. The Kier molecular flexibility index (Phi) is 4.85. The number of halogens is 2. The van der Waals surface area contributed by atoms with E-state index in [1.54, 1.807) is 25.1 Å². The molecule has 0 saturated carbocycles. The third-order valence-electron chi connectivity index (χ3n) is 5.01. The quantitative estimate of drug-likeness (QED) is 0.535. The van der Waals surface area contributed by atoms with Crippen molar-refractivity contribution in [2.75, 3.05) is 26.1 Å². The van der Waals surface area contributed by atoms with Crippen molar-refractivity contribution in [2.24, 2.45) is 0 Å². The zero-order chi connectivity index (χ0) is 21.6. The van der Waals surface area contributed by atoms with Crippen molar-refractivity contribution in [1.29, 1.82) is 0 Å². The van der Waals surface area contributed by atoms with Gasteiger partial charge in [-0.25, -0.2) is 8.78 Å². The molecule has 2 aromatic heterocycles. The Bertz CT molecular complexity index is 1290. The third-order valence-corrected chi connectivity index (χ3v) is 5.01. The molecule has 6 nitrogen and oxygen atoms in total. The van der Waals surface area contributed by atoms with Gasteiger partial charge in [-0.05, 0) is 41.0 Å². The summed E-state index contributed by atoms with van der Waals surface area (Å²) in [6.07, 6.45) is 1.88. The average Bonchev–Trinajstić information content (AvgIpc) is 2.73. The Morgan fingerprint density at radius 2 is 1.90 bits per heavy atom. The predicted octanol–water partition coefficient (Wildman–Crippen LogP) is 4.47. The highest BCUT2D eigenvalue weighted by Gasteiger charge is 2.21. The second-order valence-corrected chi connectivity index (χ2v) is 7.08. The first-order chi connectivity index (χ1) is 14.3. The van der Waals surface area contributed by atoms with Gasteiger partial charge >= 0.3 is 6.01 Å². The molecule has 2 aromatic carbocycles. The molecule has 0 aliphatic rings. The molecule has 0 unspecified atom stereocenters. The lowest BCUT2D eigenvalue weighted by atomic mass is 9.94. The number of hydrogen-bond donors (Lipinski definition) is 1. The first-order valence-corrected chi connectivity index (χ1v) is 9.37. The number of pyridine rings is 1. The van der Waals surface area contributed by atoms with Crippen LogP contribution in [0.4, 0.5) is 14.6 Å². The molecule has 8 heteroatoms. The molecule has 1 N–H and O–H groups in total. The van der Waals surface area contributed by atoms with E-state index < -0.39 is 11.6 Å². The highest BCUT2D eigenvalue weighted by atomic mass is 19.1. The van der Waals surface area contributed by atoms with Gasteiger partial charge in [0.25, 0.3) is 0 Å². The third kappa shape index (κ3) is 3.04. The Morgan fingerprint density at radius 1 is 1.13 bits per heavy atom. The summed E-state index contributed by atoms with van der Waals surface area (Å²) < 4.78 is 35.3. The fraction of sp³-hybridized carbons (Fsp3) is 0.227. The standard InChI is InChI=1S/C22H20F2N4O2/c1-5-13-16(23)7-6-11-8-12(29)9-14(17(11)13)19-18(24)20-15(10-25-19)21(28(2)3)27-22(26-20)30-4/h6-10,29H,5H2,1-4H3. The summed E-state index contributed by atoms with van der Waals surface area (Å²) in [6, 6.07) is 5.83. The molecular formula is C22H20F2N4O2. The largest absolute Gasteiger partial charge is 0.508 e. The number of ether oxygens (including phenoxy) is 1. The SMILES string of the molecule is CCc1c(F)ccc2cc(O)cc(-c3ncc4c(N(C)C)nc(OC)nc4c3F)c12. The molecule has 2 heterocycles. The summed E-state index contributed by atoms with van der Waals surface area (Å²) in [5.41, 5.74) is 0.721. The normalized spacial score (nSPS) is 11.3. The van der Waals surface area contributed by atoms with Gasteiger partial charge in [-0.3, -0.25) is 4.98 Å². The molecule has 0 aliphatic heterocycles. The smallest absolute Gasteiger partial charge is 0.318 e. The monoisotopic (exact) mass is 410 g/mol. The minimum absolute atomic E-state index is 0.0170. The predicted molar refractivity (Wildman–Crippen MR) is 112 cm³/mol. The number of hydrogen-bond acceptors (Lipinski definition) is 6. The van der Waals surface area contributed by atoms with Crippen LogP contribution in [0, 0.1) is 11.6 Å². The summed E-state index contributed by atoms with van der Waals surface area (Å²) >= 11 is 0. The molecule has 0 amide bonds. The highest BCUT2D eigenvalue weighted by Crippen LogP contribution is 2.38. The van der Waals surface area contributed by atoms with Gasteiger partial charge in [-0.1, -0.05) is 13.0 Å². The van der Waals surface area contributed by atoms with Gasteiger partial charge in [0.1, 0.15) is 28.6 Å². The summed E-state index contributed by atoms with van der Waals surface area (Å²) in [5, 5.41) is 11.7. The van der Waals surface area contributed by atoms with Crippen molar-refractivity contribution in [3.8, 4) is 23.0 Å². The second kappa shape index (κ2) is 7.37. The number of aryl methyl sites for hydroxylation is 1. The molecule has 0 aliphatic carbocycles. The van der Waals surface area contributed by atoms with E-state index in [0.29, 0.717) is 39.5 Å². The first-order valence-electron chi connectivity index (χ1n) is 9.37. The van der Waals surface area contributed by atoms with Crippen LogP contribution in [0.1, 0.15) is 12.5 Å². The van der Waals surface area contributed by atoms with E-state index in [1.807, 2.05) is 6.92 Å². The number of aromatic nitrogens is 3. The number of aromatic hydroxyl groups is 1. The lowest BCUT2D eigenvalue weighted by molar-refractivity contribution is 0.381. The van der Waals surface area contributed by atoms with Gasteiger partial charge in [0.05, 0.1) is 12.5 Å². The van der Waals surface area contributed by atoms with Crippen LogP contribution in [-0.4, -0.2) is 41.3 Å². The molecule has 0 spiro atoms. The minimum atomic E-state index is -0.700. The maximum atomic E-state index is 15.7. The number of phenolic OH excluding ortho intramolecular Hbond substituents is 1. The minimum Gasteiger partial charge on any atom is -0.508 e. The van der Waals surface area contributed by atoms with Crippen LogP contribution >= 0.6 is 0 Å². The topological polar surface area (TPSA) is 71.4 Å². The molecule has 154 valence electrons. The van der Waals surface area contributed by atoms with E-state index in [1.165, 1.54) is 31.5 Å². The summed E-state index contributed by atoms with van der Waals surface area (Å²) in [5.74, 6) is -0.705. The van der Waals surface area contributed by atoms with Gasteiger partial charge in [0, 0.05) is 25.9 Å². The van der Waals surface area contributed by atoms with Gasteiger partial charge in [-0.15, -0.1) is 0 Å². The van der Waals surface area contributed by atoms with E-state index in [2.05, 4.69) is 15.0 Å². The zero-order valence-corrected chi connectivity index (χ0v) is 17.0. The zero-order valence-electron chi connectivity index (χ0n) is 17.0. The highest BCUT2D eigenvalue weighted by molar-refractivity contribution is 6.01. The molecule has 0 radical (unpaired) electrons. The number of rotatable bonds is 4. The Morgan fingerprint density at radius 3 is 2.57 bits per heavy atom. The molecule has 0 atom stereocenters. The molecule has 4 rings (SSSR count). The Hall–Kier alpha value is -3.55. The molecule has 0 fully saturated rings. The van der Waals surface area contributed by atoms with Crippen LogP contribution in [0.5, 0.6) is 11.8 Å². The number of anilines is 1. The van der Waals surface area contributed by atoms with Gasteiger partial charge < -0.3 is 14.7 Å². The van der Waals surface area contributed by atoms with Crippen LogP contribution in [-0.2, 0) is 6.42 Å². The fourth-order valence-corrected chi connectivity index (χ4v) is 3.67.